The summed E-state index contributed by atoms with van der Waals surface area (Å²) in [6.07, 6.45) is 0. The van der Waals surface area contributed by atoms with Gasteiger partial charge in [0.05, 0.1) is 0 Å². The molecule has 0 aromatic heterocycles. The predicted octanol–water partition coefficient (Wildman–Crippen LogP) is 3.26. The molecule has 0 saturated heterocycles. The number of phenols is 1. The number of rotatable bonds is 1. The summed E-state index contributed by atoms with van der Waals surface area (Å²) in [4.78, 5) is 0. The summed E-state index contributed by atoms with van der Waals surface area (Å²) in [6.45, 7) is 3.97. The van der Waals surface area contributed by atoms with Crippen LogP contribution in [0.3, 0.4) is 0 Å². The van der Waals surface area contributed by atoms with Crippen molar-refractivity contribution in [1.82, 2.24) is 0 Å². The minimum Gasteiger partial charge on any atom is -0.507 e. The molecule has 2 nitrogen and oxygen atoms in total. The minimum absolute atomic E-state index is 0.279. The Morgan fingerprint density at radius 3 is 2.00 bits per heavy atom. The quantitative estimate of drug-likeness (QED) is 0.714. The third kappa shape index (κ3) is 1.63. The van der Waals surface area contributed by atoms with Gasteiger partial charge in [-0.25, -0.2) is 0 Å². The summed E-state index contributed by atoms with van der Waals surface area (Å²) in [5.41, 5.74) is 10.5. The fourth-order valence-electron chi connectivity index (χ4n) is 2.01. The Labute approximate surface area is 95.4 Å². The number of hydrogen-bond donors (Lipinski definition) is 2. The highest BCUT2D eigenvalue weighted by molar-refractivity contribution is 5.84. The molecule has 2 aromatic carbocycles. The molecule has 0 unspecified atom stereocenters. The lowest BCUT2D eigenvalue weighted by Gasteiger charge is -2.13. The summed E-state index contributed by atoms with van der Waals surface area (Å²) in [7, 11) is 0. The lowest BCUT2D eigenvalue weighted by Crippen LogP contribution is -1.94. The minimum atomic E-state index is 0.279. The van der Waals surface area contributed by atoms with Crippen molar-refractivity contribution < 1.29 is 5.11 Å². The maximum Gasteiger partial charge on any atom is 0.123 e. The van der Waals surface area contributed by atoms with Crippen LogP contribution in [0.5, 0.6) is 5.75 Å². The van der Waals surface area contributed by atoms with Crippen molar-refractivity contribution in [3.8, 4) is 16.9 Å². The number of phenolic OH excluding ortho intramolecular Hbond substituents is 1. The summed E-state index contributed by atoms with van der Waals surface area (Å²) in [5, 5.41) is 9.94. The average Bonchev–Trinajstić information content (AvgIpc) is 2.21. The molecule has 3 N–H and O–H groups in total. The molecule has 0 amide bonds. The van der Waals surface area contributed by atoms with Gasteiger partial charge in [-0.05, 0) is 37.1 Å². The smallest absolute Gasteiger partial charge is 0.123 e. The van der Waals surface area contributed by atoms with Crippen molar-refractivity contribution in [1.29, 1.82) is 0 Å². The first-order valence-corrected chi connectivity index (χ1v) is 5.25. The lowest BCUT2D eigenvalue weighted by molar-refractivity contribution is 0.477. The zero-order valence-corrected chi connectivity index (χ0v) is 9.49. The number of hydrogen-bond acceptors (Lipinski definition) is 2. The van der Waals surface area contributed by atoms with E-state index in [4.69, 9.17) is 5.73 Å². The predicted molar refractivity (Wildman–Crippen MR) is 67.4 cm³/mol. The molecular formula is C14H15NO. The molecule has 0 aliphatic heterocycles. The topological polar surface area (TPSA) is 46.2 Å². The van der Waals surface area contributed by atoms with Crippen molar-refractivity contribution in [2.75, 3.05) is 5.73 Å². The largest absolute Gasteiger partial charge is 0.507 e. The van der Waals surface area contributed by atoms with Gasteiger partial charge >= 0.3 is 0 Å². The summed E-state index contributed by atoms with van der Waals surface area (Å²) in [5.74, 6) is 0.279. The first-order chi connectivity index (χ1) is 7.61. The SMILES string of the molecule is Cc1cccc(N)c1-c1c(C)cccc1O. The van der Waals surface area contributed by atoms with E-state index in [1.807, 2.05) is 44.2 Å². The van der Waals surface area contributed by atoms with E-state index in [1.54, 1.807) is 6.07 Å². The molecule has 2 rings (SSSR count). The molecule has 0 heterocycles. The Hall–Kier alpha value is -1.96. The van der Waals surface area contributed by atoms with E-state index >= 15 is 0 Å². The molecular weight excluding hydrogens is 198 g/mol. The highest BCUT2D eigenvalue weighted by Gasteiger charge is 2.12. The van der Waals surface area contributed by atoms with Crippen LogP contribution >= 0.6 is 0 Å². The normalized spacial score (nSPS) is 10.4. The van der Waals surface area contributed by atoms with Crippen molar-refractivity contribution >= 4 is 5.69 Å². The van der Waals surface area contributed by atoms with Crippen LogP contribution in [0.4, 0.5) is 5.69 Å². The van der Waals surface area contributed by atoms with E-state index in [2.05, 4.69) is 0 Å². The van der Waals surface area contributed by atoms with Crippen LogP contribution in [0.1, 0.15) is 11.1 Å². The molecule has 0 fully saturated rings. The summed E-state index contributed by atoms with van der Waals surface area (Å²) in [6, 6.07) is 11.3. The van der Waals surface area contributed by atoms with Crippen LogP contribution in [0.15, 0.2) is 36.4 Å². The first-order valence-electron chi connectivity index (χ1n) is 5.25. The fourth-order valence-corrected chi connectivity index (χ4v) is 2.01. The van der Waals surface area contributed by atoms with Crippen LogP contribution in [0.25, 0.3) is 11.1 Å². The molecule has 0 spiro atoms. The van der Waals surface area contributed by atoms with Gasteiger partial charge in [0.2, 0.25) is 0 Å². The van der Waals surface area contributed by atoms with Gasteiger partial charge in [-0.3, -0.25) is 0 Å². The highest BCUT2D eigenvalue weighted by Crippen LogP contribution is 2.37. The third-order valence-electron chi connectivity index (χ3n) is 2.81. The molecule has 0 radical (unpaired) electrons. The Morgan fingerprint density at radius 1 is 0.875 bits per heavy atom. The van der Waals surface area contributed by atoms with Gasteiger partial charge in [0.15, 0.2) is 0 Å². The zero-order chi connectivity index (χ0) is 11.7. The van der Waals surface area contributed by atoms with Gasteiger partial charge in [-0.1, -0.05) is 24.3 Å². The van der Waals surface area contributed by atoms with Crippen molar-refractivity contribution in [3.05, 3.63) is 47.5 Å². The highest BCUT2D eigenvalue weighted by atomic mass is 16.3. The van der Waals surface area contributed by atoms with Crippen LogP contribution in [0, 0.1) is 13.8 Å². The summed E-state index contributed by atoms with van der Waals surface area (Å²) < 4.78 is 0. The second-order valence-corrected chi connectivity index (χ2v) is 4.01. The molecule has 0 bridgehead atoms. The second kappa shape index (κ2) is 3.89. The molecule has 82 valence electrons. The van der Waals surface area contributed by atoms with Crippen LogP contribution in [0.2, 0.25) is 0 Å². The second-order valence-electron chi connectivity index (χ2n) is 4.01. The maximum absolute atomic E-state index is 9.94. The number of aryl methyl sites for hydroxylation is 2. The van der Waals surface area contributed by atoms with Gasteiger partial charge in [0.1, 0.15) is 5.75 Å². The van der Waals surface area contributed by atoms with E-state index in [0.29, 0.717) is 5.69 Å². The van der Waals surface area contributed by atoms with Gasteiger partial charge in [0, 0.05) is 16.8 Å². The third-order valence-corrected chi connectivity index (χ3v) is 2.81. The number of anilines is 1. The molecule has 2 heteroatoms. The van der Waals surface area contributed by atoms with E-state index in [1.165, 1.54) is 0 Å². The summed E-state index contributed by atoms with van der Waals surface area (Å²) >= 11 is 0. The lowest BCUT2D eigenvalue weighted by atomic mass is 9.94. The maximum atomic E-state index is 9.94. The van der Waals surface area contributed by atoms with E-state index in [9.17, 15) is 5.11 Å². The number of aromatic hydroxyl groups is 1. The van der Waals surface area contributed by atoms with Crippen molar-refractivity contribution in [2.45, 2.75) is 13.8 Å². The van der Waals surface area contributed by atoms with Gasteiger partial charge in [-0.15, -0.1) is 0 Å². The molecule has 0 aliphatic carbocycles. The van der Waals surface area contributed by atoms with E-state index in [0.717, 1.165) is 22.3 Å². The Bertz CT molecular complexity index is 442. The fraction of sp³-hybridized carbons (Fsp3) is 0.143. The average molecular weight is 213 g/mol. The Balaban J connectivity index is 2.77. The van der Waals surface area contributed by atoms with Crippen LogP contribution in [-0.4, -0.2) is 5.11 Å². The zero-order valence-electron chi connectivity index (χ0n) is 9.49. The van der Waals surface area contributed by atoms with E-state index < -0.39 is 0 Å². The van der Waals surface area contributed by atoms with Crippen LogP contribution < -0.4 is 5.73 Å². The van der Waals surface area contributed by atoms with Gasteiger partial charge in [0.25, 0.3) is 0 Å². The Kier molecular flexibility index (Phi) is 2.57. The molecule has 0 aliphatic rings. The molecule has 0 atom stereocenters. The van der Waals surface area contributed by atoms with Gasteiger partial charge < -0.3 is 10.8 Å². The molecule has 16 heavy (non-hydrogen) atoms. The number of nitrogens with two attached hydrogens (primary N) is 1. The van der Waals surface area contributed by atoms with Crippen molar-refractivity contribution in [2.24, 2.45) is 0 Å². The number of benzene rings is 2. The number of nitrogen functional groups attached to an aromatic ring is 1. The van der Waals surface area contributed by atoms with Crippen LogP contribution in [-0.2, 0) is 0 Å². The first kappa shape index (κ1) is 10.6. The van der Waals surface area contributed by atoms with E-state index in [-0.39, 0.29) is 5.75 Å². The molecule has 0 saturated carbocycles. The standard InChI is InChI=1S/C14H15NO/c1-9-5-3-7-11(15)13(9)14-10(2)6-4-8-12(14)16/h3-8,16H,15H2,1-2H3. The van der Waals surface area contributed by atoms with Crippen molar-refractivity contribution in [3.63, 3.8) is 0 Å². The monoisotopic (exact) mass is 213 g/mol. The Morgan fingerprint density at radius 2 is 1.44 bits per heavy atom. The molecule has 2 aromatic rings. The van der Waals surface area contributed by atoms with Gasteiger partial charge in [-0.2, -0.15) is 0 Å².